The highest BCUT2D eigenvalue weighted by molar-refractivity contribution is 7.11. The molecule has 0 aliphatic rings. The number of hydrogen-bond donors (Lipinski definition) is 1. The minimum atomic E-state index is 0.268. The first-order valence-electron chi connectivity index (χ1n) is 6.84. The van der Waals surface area contributed by atoms with Crippen LogP contribution in [0.15, 0.2) is 12.1 Å². The molecule has 0 fully saturated rings. The van der Waals surface area contributed by atoms with Crippen molar-refractivity contribution in [1.29, 1.82) is 0 Å². The van der Waals surface area contributed by atoms with Crippen LogP contribution < -0.4 is 5.32 Å². The summed E-state index contributed by atoms with van der Waals surface area (Å²) < 4.78 is 0. The number of nitrogens with one attached hydrogen (secondary N) is 1. The minimum absolute atomic E-state index is 0.268. The van der Waals surface area contributed by atoms with Gasteiger partial charge in [0.25, 0.3) is 0 Å². The van der Waals surface area contributed by atoms with Crippen LogP contribution in [-0.4, -0.2) is 12.1 Å². The third kappa shape index (κ3) is 6.85. The molecule has 0 bridgehead atoms. The Bertz CT molecular complexity index is 309. The van der Waals surface area contributed by atoms with Crippen LogP contribution >= 0.6 is 11.3 Å². The molecule has 98 valence electrons. The predicted octanol–water partition coefficient (Wildman–Crippen LogP) is 4.41. The Morgan fingerprint density at radius 1 is 1.06 bits per heavy atom. The lowest BCUT2D eigenvalue weighted by Crippen LogP contribution is -2.36. The SMILES string of the molecule is CCc1ccc(CCCCCNC(C)(C)C)s1. The number of aryl methyl sites for hydroxylation is 2. The molecule has 0 atom stereocenters. The molecule has 0 radical (unpaired) electrons. The van der Waals surface area contributed by atoms with Crippen molar-refractivity contribution < 1.29 is 0 Å². The summed E-state index contributed by atoms with van der Waals surface area (Å²) in [7, 11) is 0. The van der Waals surface area contributed by atoms with Crippen molar-refractivity contribution in [2.75, 3.05) is 6.54 Å². The van der Waals surface area contributed by atoms with Gasteiger partial charge in [0, 0.05) is 15.3 Å². The lowest BCUT2D eigenvalue weighted by Gasteiger charge is -2.20. The fourth-order valence-corrected chi connectivity index (χ4v) is 2.81. The van der Waals surface area contributed by atoms with Gasteiger partial charge in [-0.05, 0) is 65.1 Å². The lowest BCUT2D eigenvalue weighted by molar-refractivity contribution is 0.417. The molecule has 1 nitrogen and oxygen atoms in total. The van der Waals surface area contributed by atoms with Gasteiger partial charge in [-0.25, -0.2) is 0 Å². The largest absolute Gasteiger partial charge is 0.312 e. The molecule has 0 aliphatic carbocycles. The molecule has 1 N–H and O–H groups in total. The fourth-order valence-electron chi connectivity index (χ4n) is 1.81. The smallest absolute Gasteiger partial charge is 0.00965 e. The van der Waals surface area contributed by atoms with Gasteiger partial charge in [0.05, 0.1) is 0 Å². The van der Waals surface area contributed by atoms with Crippen LogP contribution in [-0.2, 0) is 12.8 Å². The van der Waals surface area contributed by atoms with E-state index in [4.69, 9.17) is 0 Å². The van der Waals surface area contributed by atoms with E-state index in [1.165, 1.54) is 37.0 Å². The van der Waals surface area contributed by atoms with Gasteiger partial charge >= 0.3 is 0 Å². The summed E-state index contributed by atoms with van der Waals surface area (Å²) in [5, 5.41) is 3.54. The molecule has 2 heteroatoms. The molecule has 0 unspecified atom stereocenters. The number of unbranched alkanes of at least 4 members (excludes halogenated alkanes) is 2. The van der Waals surface area contributed by atoms with E-state index in [2.05, 4.69) is 45.1 Å². The average Bonchev–Trinajstić information content (AvgIpc) is 2.69. The van der Waals surface area contributed by atoms with Gasteiger partial charge in [-0.2, -0.15) is 0 Å². The first-order chi connectivity index (χ1) is 8.01. The highest BCUT2D eigenvalue weighted by Gasteiger charge is 2.06. The molecular formula is C15H27NS. The normalized spacial score (nSPS) is 12.0. The van der Waals surface area contributed by atoms with Crippen molar-refractivity contribution in [1.82, 2.24) is 5.32 Å². The van der Waals surface area contributed by atoms with Crippen molar-refractivity contribution in [2.24, 2.45) is 0 Å². The summed E-state index contributed by atoms with van der Waals surface area (Å²) >= 11 is 1.99. The second-order valence-corrected chi connectivity index (χ2v) is 6.96. The maximum atomic E-state index is 3.54. The summed E-state index contributed by atoms with van der Waals surface area (Å²) in [6.45, 7) is 10.1. The molecule has 0 amide bonds. The summed E-state index contributed by atoms with van der Waals surface area (Å²) in [6.07, 6.45) is 6.40. The van der Waals surface area contributed by atoms with Crippen LogP contribution in [0.25, 0.3) is 0 Å². The quantitative estimate of drug-likeness (QED) is 0.710. The second kappa shape index (κ2) is 7.17. The van der Waals surface area contributed by atoms with Crippen molar-refractivity contribution >= 4 is 11.3 Å². The standard InChI is InChI=1S/C15H27NS/c1-5-13-10-11-14(17-13)9-7-6-8-12-16-15(2,3)4/h10-11,16H,5-9,12H2,1-4H3. The molecule has 0 saturated heterocycles. The van der Waals surface area contributed by atoms with Crippen molar-refractivity contribution in [3.05, 3.63) is 21.9 Å². The van der Waals surface area contributed by atoms with Crippen LogP contribution in [0.4, 0.5) is 0 Å². The fraction of sp³-hybridized carbons (Fsp3) is 0.733. The lowest BCUT2D eigenvalue weighted by atomic mass is 10.1. The Kier molecular flexibility index (Phi) is 6.21. The topological polar surface area (TPSA) is 12.0 Å². The van der Waals surface area contributed by atoms with Crippen LogP contribution in [0.5, 0.6) is 0 Å². The first kappa shape index (κ1) is 14.7. The molecular weight excluding hydrogens is 226 g/mol. The molecule has 0 aromatic carbocycles. The maximum Gasteiger partial charge on any atom is 0.00965 e. The zero-order chi connectivity index (χ0) is 12.7. The molecule has 0 saturated carbocycles. The van der Waals surface area contributed by atoms with Gasteiger partial charge in [-0.15, -0.1) is 11.3 Å². The van der Waals surface area contributed by atoms with Gasteiger partial charge < -0.3 is 5.32 Å². The summed E-state index contributed by atoms with van der Waals surface area (Å²) in [4.78, 5) is 3.08. The molecule has 1 aromatic rings. The number of rotatable bonds is 7. The van der Waals surface area contributed by atoms with Crippen molar-refractivity contribution in [3.63, 3.8) is 0 Å². The molecule has 17 heavy (non-hydrogen) atoms. The Morgan fingerprint density at radius 2 is 1.76 bits per heavy atom. The Labute approximate surface area is 111 Å². The van der Waals surface area contributed by atoms with Gasteiger partial charge in [0.1, 0.15) is 0 Å². The third-order valence-electron chi connectivity index (χ3n) is 2.82. The Hall–Kier alpha value is -0.340. The summed E-state index contributed by atoms with van der Waals surface area (Å²) in [5.41, 5.74) is 0.268. The van der Waals surface area contributed by atoms with Gasteiger partial charge in [-0.3, -0.25) is 0 Å². The zero-order valence-electron chi connectivity index (χ0n) is 11.8. The van der Waals surface area contributed by atoms with Crippen LogP contribution in [0.2, 0.25) is 0 Å². The maximum absolute atomic E-state index is 3.54. The Balaban J connectivity index is 2.04. The summed E-state index contributed by atoms with van der Waals surface area (Å²) in [6, 6.07) is 4.58. The van der Waals surface area contributed by atoms with E-state index in [-0.39, 0.29) is 5.54 Å². The van der Waals surface area contributed by atoms with Crippen LogP contribution in [0.1, 0.15) is 56.7 Å². The monoisotopic (exact) mass is 253 g/mol. The van der Waals surface area contributed by atoms with E-state index < -0.39 is 0 Å². The van der Waals surface area contributed by atoms with E-state index in [0.717, 1.165) is 6.54 Å². The van der Waals surface area contributed by atoms with Gasteiger partial charge in [-0.1, -0.05) is 13.3 Å². The van der Waals surface area contributed by atoms with E-state index in [1.54, 1.807) is 4.88 Å². The zero-order valence-corrected chi connectivity index (χ0v) is 12.6. The molecule has 1 aromatic heterocycles. The average molecular weight is 253 g/mol. The predicted molar refractivity (Wildman–Crippen MR) is 79.0 cm³/mol. The van der Waals surface area contributed by atoms with E-state index in [9.17, 15) is 0 Å². The van der Waals surface area contributed by atoms with Gasteiger partial charge in [0.15, 0.2) is 0 Å². The van der Waals surface area contributed by atoms with E-state index >= 15 is 0 Å². The first-order valence-corrected chi connectivity index (χ1v) is 7.65. The second-order valence-electron chi connectivity index (χ2n) is 5.71. The molecule has 0 aliphatic heterocycles. The molecule has 1 rings (SSSR count). The van der Waals surface area contributed by atoms with E-state index in [0.29, 0.717) is 0 Å². The van der Waals surface area contributed by atoms with E-state index in [1.807, 2.05) is 11.3 Å². The van der Waals surface area contributed by atoms with Crippen molar-refractivity contribution in [2.45, 2.75) is 65.3 Å². The van der Waals surface area contributed by atoms with Gasteiger partial charge in [0.2, 0.25) is 0 Å². The van der Waals surface area contributed by atoms with Crippen LogP contribution in [0, 0.1) is 0 Å². The van der Waals surface area contributed by atoms with Crippen LogP contribution in [0.3, 0.4) is 0 Å². The minimum Gasteiger partial charge on any atom is -0.312 e. The Morgan fingerprint density at radius 3 is 2.35 bits per heavy atom. The summed E-state index contributed by atoms with van der Waals surface area (Å²) in [5.74, 6) is 0. The highest BCUT2D eigenvalue weighted by Crippen LogP contribution is 2.19. The highest BCUT2D eigenvalue weighted by atomic mass is 32.1. The number of thiophene rings is 1. The third-order valence-corrected chi connectivity index (χ3v) is 4.11. The molecule has 0 spiro atoms. The van der Waals surface area contributed by atoms with Crippen molar-refractivity contribution in [3.8, 4) is 0 Å². The molecule has 1 heterocycles. The number of hydrogen-bond acceptors (Lipinski definition) is 2.